The van der Waals surface area contributed by atoms with E-state index in [1.54, 1.807) is 0 Å². The summed E-state index contributed by atoms with van der Waals surface area (Å²) in [5.41, 5.74) is 0. The lowest BCUT2D eigenvalue weighted by molar-refractivity contribution is 0.0672. The standard InChI is InChI=1S/C6H9F4NO4S2/c7-5(8)3-1-2-4-6(9,10)17(14,15)11-16(5,12)13/h11H,1-4H2. The molecule has 1 N–H and O–H groups in total. The second kappa shape index (κ2) is 4.05. The van der Waals surface area contributed by atoms with Crippen molar-refractivity contribution in [3.05, 3.63) is 0 Å². The fourth-order valence-electron chi connectivity index (χ4n) is 1.20. The van der Waals surface area contributed by atoms with Crippen molar-refractivity contribution in [2.24, 2.45) is 0 Å². The molecule has 0 aromatic rings. The predicted octanol–water partition coefficient (Wildman–Crippen LogP) is 0.995. The molecule has 0 aromatic heterocycles. The van der Waals surface area contributed by atoms with E-state index in [-0.39, 0.29) is 0 Å². The third-order valence-corrected chi connectivity index (χ3v) is 5.93. The number of alkyl halides is 4. The molecule has 0 atom stereocenters. The fourth-order valence-corrected chi connectivity index (χ4v) is 4.15. The Hall–Kier alpha value is -0.420. The Morgan fingerprint density at radius 3 is 1.35 bits per heavy atom. The normalized spacial score (nSPS) is 30.8. The highest BCUT2D eigenvalue weighted by Gasteiger charge is 2.54. The Morgan fingerprint density at radius 1 is 0.765 bits per heavy atom. The van der Waals surface area contributed by atoms with Gasteiger partial charge < -0.3 is 0 Å². The van der Waals surface area contributed by atoms with E-state index < -0.39 is 56.2 Å². The van der Waals surface area contributed by atoms with Crippen LogP contribution in [0.1, 0.15) is 25.7 Å². The van der Waals surface area contributed by atoms with Gasteiger partial charge in [-0.3, -0.25) is 0 Å². The minimum absolute atomic E-state index is 0.399. The maximum Gasteiger partial charge on any atom is 0.360 e. The Bertz CT molecular complexity index is 452. The van der Waals surface area contributed by atoms with Crippen molar-refractivity contribution >= 4 is 20.0 Å². The first-order chi connectivity index (χ1) is 7.41. The maximum absolute atomic E-state index is 13.0. The van der Waals surface area contributed by atoms with Gasteiger partial charge in [0.25, 0.3) is 20.0 Å². The number of nitrogens with one attached hydrogen (secondary N) is 1. The molecule has 0 unspecified atom stereocenters. The van der Waals surface area contributed by atoms with Crippen molar-refractivity contribution < 1.29 is 34.4 Å². The summed E-state index contributed by atoms with van der Waals surface area (Å²) in [4.78, 5) is 0. The van der Waals surface area contributed by atoms with Crippen LogP contribution >= 0.6 is 0 Å². The summed E-state index contributed by atoms with van der Waals surface area (Å²) in [6, 6.07) is 0. The highest BCUT2D eigenvalue weighted by Crippen LogP contribution is 2.35. The van der Waals surface area contributed by atoms with E-state index in [4.69, 9.17) is 0 Å². The third kappa shape index (κ3) is 2.71. The molecule has 0 bridgehead atoms. The van der Waals surface area contributed by atoms with E-state index in [0.717, 1.165) is 0 Å². The first-order valence-corrected chi connectivity index (χ1v) is 7.41. The van der Waals surface area contributed by atoms with E-state index in [1.807, 2.05) is 0 Å². The van der Waals surface area contributed by atoms with Gasteiger partial charge in [-0.05, 0) is 12.8 Å². The van der Waals surface area contributed by atoms with Crippen molar-refractivity contribution in [1.29, 1.82) is 0 Å². The maximum atomic E-state index is 13.0. The Labute approximate surface area is 95.3 Å². The van der Waals surface area contributed by atoms with Crippen molar-refractivity contribution in [2.45, 2.75) is 36.2 Å². The molecule has 102 valence electrons. The van der Waals surface area contributed by atoms with Gasteiger partial charge in [0.2, 0.25) is 0 Å². The summed E-state index contributed by atoms with van der Waals surface area (Å²) in [5, 5.41) is -8.78. The molecule has 1 saturated heterocycles. The smallest absolute Gasteiger partial charge is 0.205 e. The van der Waals surface area contributed by atoms with Gasteiger partial charge in [0.05, 0.1) is 0 Å². The molecule has 1 heterocycles. The van der Waals surface area contributed by atoms with Crippen molar-refractivity contribution in [2.75, 3.05) is 0 Å². The molecule has 0 aromatic carbocycles. The summed E-state index contributed by atoms with van der Waals surface area (Å²) in [7, 11) is -11.3. The van der Waals surface area contributed by atoms with Crippen LogP contribution in [0.15, 0.2) is 0 Å². The molecule has 1 aliphatic rings. The Morgan fingerprint density at radius 2 is 1.06 bits per heavy atom. The minimum Gasteiger partial charge on any atom is -0.205 e. The summed E-state index contributed by atoms with van der Waals surface area (Å²) < 4.78 is 96.4. The average Bonchev–Trinajstić information content (AvgIpc) is 2.10. The van der Waals surface area contributed by atoms with E-state index >= 15 is 0 Å². The molecule has 17 heavy (non-hydrogen) atoms. The van der Waals surface area contributed by atoms with Crippen LogP contribution < -0.4 is 4.13 Å². The second-order valence-corrected chi connectivity index (χ2v) is 7.45. The second-order valence-electron chi connectivity index (χ2n) is 3.57. The molecule has 0 saturated carbocycles. The largest absolute Gasteiger partial charge is 0.360 e. The molecule has 1 aliphatic heterocycles. The van der Waals surface area contributed by atoms with E-state index in [0.29, 0.717) is 4.13 Å². The summed E-state index contributed by atoms with van der Waals surface area (Å²) in [6.07, 6.45) is -3.43. The number of halogens is 4. The van der Waals surface area contributed by atoms with E-state index in [2.05, 4.69) is 0 Å². The molecule has 0 aliphatic carbocycles. The molecule has 0 spiro atoms. The lowest BCUT2D eigenvalue weighted by atomic mass is 10.2. The predicted molar refractivity (Wildman–Crippen MR) is 49.3 cm³/mol. The molecule has 0 amide bonds. The quantitative estimate of drug-likeness (QED) is 0.677. The van der Waals surface area contributed by atoms with Crippen molar-refractivity contribution in [1.82, 2.24) is 4.13 Å². The van der Waals surface area contributed by atoms with Gasteiger partial charge in [0.1, 0.15) is 0 Å². The van der Waals surface area contributed by atoms with Gasteiger partial charge in [-0.2, -0.15) is 17.6 Å². The van der Waals surface area contributed by atoms with Crippen LogP contribution in [0, 0.1) is 0 Å². The van der Waals surface area contributed by atoms with Gasteiger partial charge in [0, 0.05) is 12.8 Å². The van der Waals surface area contributed by atoms with Gasteiger partial charge >= 0.3 is 10.5 Å². The first kappa shape index (κ1) is 14.6. The molecule has 1 fully saturated rings. The Kier molecular flexibility index (Phi) is 3.49. The van der Waals surface area contributed by atoms with Crippen LogP contribution in [0.25, 0.3) is 0 Å². The van der Waals surface area contributed by atoms with Crippen LogP contribution in [-0.4, -0.2) is 27.3 Å². The van der Waals surface area contributed by atoms with Gasteiger partial charge in [-0.1, -0.05) is 4.13 Å². The van der Waals surface area contributed by atoms with Crippen LogP contribution in [0.3, 0.4) is 0 Å². The average molecular weight is 299 g/mol. The van der Waals surface area contributed by atoms with Gasteiger partial charge in [-0.25, -0.2) is 16.8 Å². The monoisotopic (exact) mass is 299 g/mol. The highest BCUT2D eigenvalue weighted by atomic mass is 32.3. The number of hydrogen-bond acceptors (Lipinski definition) is 4. The topological polar surface area (TPSA) is 80.3 Å². The fraction of sp³-hybridized carbons (Fsp3) is 1.00. The van der Waals surface area contributed by atoms with Crippen LogP contribution in [0.2, 0.25) is 0 Å². The SMILES string of the molecule is O=S1(=O)NS(=O)(=O)C(F)(F)CCCCC1(F)F. The Balaban J connectivity index is 3.28. The van der Waals surface area contributed by atoms with Crippen molar-refractivity contribution in [3.63, 3.8) is 0 Å². The molecule has 11 heteroatoms. The lowest BCUT2D eigenvalue weighted by Crippen LogP contribution is -2.47. The molecule has 0 radical (unpaired) electrons. The molecular weight excluding hydrogens is 290 g/mol. The first-order valence-electron chi connectivity index (χ1n) is 4.45. The minimum atomic E-state index is -5.67. The number of hydrogen-bond donors (Lipinski definition) is 1. The third-order valence-electron chi connectivity index (χ3n) is 2.19. The zero-order valence-corrected chi connectivity index (χ0v) is 9.92. The van der Waals surface area contributed by atoms with Crippen LogP contribution in [-0.2, 0) is 20.0 Å². The van der Waals surface area contributed by atoms with Gasteiger partial charge in [-0.15, -0.1) is 0 Å². The summed E-state index contributed by atoms with van der Waals surface area (Å²) >= 11 is 0. The number of rotatable bonds is 0. The lowest BCUT2D eigenvalue weighted by Gasteiger charge is -2.18. The highest BCUT2D eigenvalue weighted by molar-refractivity contribution is 8.05. The number of sulfonamides is 2. The van der Waals surface area contributed by atoms with Crippen LogP contribution in [0.5, 0.6) is 0 Å². The summed E-state index contributed by atoms with van der Waals surface area (Å²) in [5.74, 6) is 0. The van der Waals surface area contributed by atoms with Gasteiger partial charge in [0.15, 0.2) is 0 Å². The molecule has 1 rings (SSSR count). The zero-order valence-electron chi connectivity index (χ0n) is 8.29. The van der Waals surface area contributed by atoms with Crippen molar-refractivity contribution in [3.8, 4) is 0 Å². The zero-order chi connectivity index (χ0) is 13.5. The molecular formula is C6H9F4NO4S2. The van der Waals surface area contributed by atoms with E-state index in [9.17, 15) is 34.4 Å². The van der Waals surface area contributed by atoms with E-state index in [1.165, 1.54) is 0 Å². The molecule has 5 nitrogen and oxygen atoms in total. The van der Waals surface area contributed by atoms with Crippen LogP contribution in [0.4, 0.5) is 17.6 Å². The summed E-state index contributed by atoms with van der Waals surface area (Å²) in [6.45, 7) is 0.